The molecule has 0 saturated carbocycles. The van der Waals surface area contributed by atoms with Crippen LogP contribution in [0.3, 0.4) is 0 Å². The number of amides is 1. The maximum absolute atomic E-state index is 12.6. The van der Waals surface area contributed by atoms with Crippen LogP contribution in [0.25, 0.3) is 0 Å². The molecule has 2 N–H and O–H groups in total. The van der Waals surface area contributed by atoms with E-state index in [-0.39, 0.29) is 28.9 Å². The summed E-state index contributed by atoms with van der Waals surface area (Å²) in [7, 11) is 1.62. The molecule has 3 aromatic carbocycles. The van der Waals surface area contributed by atoms with E-state index in [1.165, 1.54) is 22.3 Å². The van der Waals surface area contributed by atoms with Gasteiger partial charge in [0, 0.05) is 30.6 Å². The predicted molar refractivity (Wildman–Crippen MR) is 155 cm³/mol. The fourth-order valence-corrected chi connectivity index (χ4v) is 5.09. The second-order valence-corrected chi connectivity index (χ2v) is 12.4. The number of rotatable bonds is 6. The smallest absolute Gasteiger partial charge is 0.411 e. The quantitative estimate of drug-likeness (QED) is 0.360. The van der Waals surface area contributed by atoms with Crippen LogP contribution in [0.4, 0.5) is 10.5 Å². The minimum atomic E-state index is -0.441. The van der Waals surface area contributed by atoms with E-state index < -0.39 is 6.09 Å². The summed E-state index contributed by atoms with van der Waals surface area (Å²) in [5.41, 5.74) is 6.05. The molecule has 38 heavy (non-hydrogen) atoms. The van der Waals surface area contributed by atoms with Crippen molar-refractivity contribution in [1.82, 2.24) is 5.32 Å². The number of ether oxygens (including phenoxy) is 2. The standard InChI is InChI=1S/C33H42N2O3/c1-32(2,3)24-12-8-22(9-13-24)30(23-10-14-25(15-11-23)33(4,5)6)29-20-28(21-34-29)38-31(36)35-26-16-18-27(37-7)19-17-26/h8-19,28-30,34H,20-21H2,1-7H3,(H,35,36)/t28-,29-/m1/s1. The zero-order chi connectivity index (χ0) is 27.5. The Morgan fingerprint density at radius 1 is 0.816 bits per heavy atom. The Kier molecular flexibility index (Phi) is 8.17. The topological polar surface area (TPSA) is 59.6 Å². The minimum Gasteiger partial charge on any atom is -0.497 e. The molecule has 5 nitrogen and oxygen atoms in total. The molecule has 2 atom stereocenters. The third-order valence-electron chi connectivity index (χ3n) is 7.41. The highest BCUT2D eigenvalue weighted by Crippen LogP contribution is 2.35. The number of benzene rings is 3. The van der Waals surface area contributed by atoms with E-state index in [1.807, 2.05) is 12.1 Å². The van der Waals surface area contributed by atoms with Crippen LogP contribution < -0.4 is 15.4 Å². The van der Waals surface area contributed by atoms with Gasteiger partial charge in [-0.05, 0) is 57.3 Å². The van der Waals surface area contributed by atoms with Crippen molar-refractivity contribution in [3.8, 4) is 5.75 Å². The molecule has 1 saturated heterocycles. The van der Waals surface area contributed by atoms with Crippen LogP contribution in [0.15, 0.2) is 72.8 Å². The maximum Gasteiger partial charge on any atom is 0.411 e. The summed E-state index contributed by atoms with van der Waals surface area (Å²) in [4.78, 5) is 12.6. The lowest BCUT2D eigenvalue weighted by Crippen LogP contribution is -2.30. The number of hydrogen-bond acceptors (Lipinski definition) is 4. The average molecular weight is 515 g/mol. The molecule has 4 rings (SSSR count). The Bertz CT molecular complexity index is 1150. The highest BCUT2D eigenvalue weighted by Gasteiger charge is 2.34. The van der Waals surface area contributed by atoms with Crippen molar-refractivity contribution < 1.29 is 14.3 Å². The molecule has 0 spiro atoms. The number of carbonyl (C=O) groups excluding carboxylic acids is 1. The van der Waals surface area contributed by atoms with Gasteiger partial charge in [0.2, 0.25) is 0 Å². The molecular weight excluding hydrogens is 472 g/mol. The largest absolute Gasteiger partial charge is 0.497 e. The summed E-state index contributed by atoms with van der Waals surface area (Å²) in [6, 6.07) is 25.4. The lowest BCUT2D eigenvalue weighted by atomic mass is 9.80. The van der Waals surface area contributed by atoms with Gasteiger partial charge in [-0.25, -0.2) is 4.79 Å². The fourth-order valence-electron chi connectivity index (χ4n) is 5.09. The molecule has 0 aliphatic carbocycles. The van der Waals surface area contributed by atoms with Crippen LogP contribution >= 0.6 is 0 Å². The second kappa shape index (κ2) is 11.2. The minimum absolute atomic E-state index is 0.101. The van der Waals surface area contributed by atoms with Crippen LogP contribution in [0.2, 0.25) is 0 Å². The van der Waals surface area contributed by atoms with Gasteiger partial charge in [-0.1, -0.05) is 90.1 Å². The third kappa shape index (κ3) is 6.76. The molecule has 0 unspecified atom stereocenters. The van der Waals surface area contributed by atoms with Crippen molar-refractivity contribution in [2.75, 3.05) is 19.0 Å². The summed E-state index contributed by atoms with van der Waals surface area (Å²) < 4.78 is 11.0. The van der Waals surface area contributed by atoms with Gasteiger partial charge in [-0.3, -0.25) is 5.32 Å². The van der Waals surface area contributed by atoms with E-state index in [4.69, 9.17) is 9.47 Å². The molecule has 202 valence electrons. The van der Waals surface area contributed by atoms with Gasteiger partial charge in [0.05, 0.1) is 7.11 Å². The normalized spacial score (nSPS) is 17.9. The van der Waals surface area contributed by atoms with Crippen LogP contribution in [0.5, 0.6) is 5.75 Å². The van der Waals surface area contributed by atoms with Crippen molar-refractivity contribution in [2.24, 2.45) is 0 Å². The number of hydrogen-bond donors (Lipinski definition) is 2. The molecule has 3 aromatic rings. The van der Waals surface area contributed by atoms with Crippen LogP contribution in [-0.2, 0) is 15.6 Å². The molecule has 0 aromatic heterocycles. The summed E-state index contributed by atoms with van der Waals surface area (Å²) >= 11 is 0. The molecule has 1 amide bonds. The average Bonchev–Trinajstić information content (AvgIpc) is 3.32. The van der Waals surface area contributed by atoms with Crippen molar-refractivity contribution in [3.05, 3.63) is 95.1 Å². The molecule has 1 fully saturated rings. The Balaban J connectivity index is 1.51. The zero-order valence-electron chi connectivity index (χ0n) is 23.8. The van der Waals surface area contributed by atoms with Gasteiger partial charge in [0.1, 0.15) is 11.9 Å². The predicted octanol–water partition coefficient (Wildman–Crippen LogP) is 7.40. The van der Waals surface area contributed by atoms with E-state index >= 15 is 0 Å². The summed E-state index contributed by atoms with van der Waals surface area (Å²) in [6.45, 7) is 14.1. The van der Waals surface area contributed by atoms with Gasteiger partial charge in [0.25, 0.3) is 0 Å². The zero-order valence-corrected chi connectivity index (χ0v) is 23.8. The van der Waals surface area contributed by atoms with Crippen molar-refractivity contribution in [3.63, 3.8) is 0 Å². The first kappa shape index (κ1) is 27.7. The second-order valence-electron chi connectivity index (χ2n) is 12.4. The molecule has 1 aliphatic rings. The highest BCUT2D eigenvalue weighted by molar-refractivity contribution is 5.84. The van der Waals surface area contributed by atoms with Crippen LogP contribution in [0, 0.1) is 0 Å². The first-order valence-electron chi connectivity index (χ1n) is 13.5. The molecule has 1 heterocycles. The number of anilines is 1. The van der Waals surface area contributed by atoms with E-state index in [9.17, 15) is 4.79 Å². The Labute approximate surface area is 228 Å². The first-order valence-corrected chi connectivity index (χ1v) is 13.5. The van der Waals surface area contributed by atoms with Gasteiger partial charge in [0.15, 0.2) is 0 Å². The van der Waals surface area contributed by atoms with Crippen LogP contribution in [0.1, 0.15) is 76.1 Å². The number of nitrogens with one attached hydrogen (secondary N) is 2. The summed E-state index contributed by atoms with van der Waals surface area (Å²) in [5, 5.41) is 6.48. The Morgan fingerprint density at radius 3 is 1.76 bits per heavy atom. The van der Waals surface area contributed by atoms with Crippen molar-refractivity contribution >= 4 is 11.8 Å². The molecular formula is C33H42N2O3. The Morgan fingerprint density at radius 2 is 1.32 bits per heavy atom. The summed E-state index contributed by atoms with van der Waals surface area (Å²) in [5.74, 6) is 0.889. The van der Waals surface area contributed by atoms with E-state index in [2.05, 4.69) is 101 Å². The van der Waals surface area contributed by atoms with E-state index in [0.29, 0.717) is 12.2 Å². The SMILES string of the molecule is COc1ccc(NC(=O)O[C@H]2CN[C@@H](C(c3ccc(C(C)(C)C)cc3)c3ccc(C(C)(C)C)cc3)C2)cc1. The highest BCUT2D eigenvalue weighted by atomic mass is 16.6. The summed E-state index contributed by atoms with van der Waals surface area (Å²) in [6.07, 6.45) is 0.0922. The Hall–Kier alpha value is -3.31. The maximum atomic E-state index is 12.6. The third-order valence-corrected chi connectivity index (χ3v) is 7.41. The number of methoxy groups -OCH3 is 1. The van der Waals surface area contributed by atoms with Crippen molar-refractivity contribution in [1.29, 1.82) is 0 Å². The van der Waals surface area contributed by atoms with E-state index in [1.54, 1.807) is 19.2 Å². The molecule has 0 radical (unpaired) electrons. The molecule has 5 heteroatoms. The van der Waals surface area contributed by atoms with Gasteiger partial charge in [-0.2, -0.15) is 0 Å². The lowest BCUT2D eigenvalue weighted by Gasteiger charge is -2.27. The number of carbonyl (C=O) groups is 1. The lowest BCUT2D eigenvalue weighted by molar-refractivity contribution is 0.119. The van der Waals surface area contributed by atoms with Gasteiger partial charge < -0.3 is 14.8 Å². The molecule has 0 bridgehead atoms. The van der Waals surface area contributed by atoms with Crippen LogP contribution in [-0.4, -0.2) is 31.9 Å². The first-order chi connectivity index (χ1) is 17.9. The monoisotopic (exact) mass is 514 g/mol. The van der Waals surface area contributed by atoms with Crippen molar-refractivity contribution in [2.45, 2.75) is 76.9 Å². The fraction of sp³-hybridized carbons (Fsp3) is 0.424. The molecule has 1 aliphatic heterocycles. The van der Waals surface area contributed by atoms with E-state index in [0.717, 1.165) is 12.2 Å². The van der Waals surface area contributed by atoms with Gasteiger partial charge >= 0.3 is 6.09 Å². The van der Waals surface area contributed by atoms with Gasteiger partial charge in [-0.15, -0.1) is 0 Å².